The first kappa shape index (κ1) is 15.3. The lowest BCUT2D eigenvalue weighted by Gasteiger charge is -2.17. The molecule has 0 saturated carbocycles. The molecular formula is C13H26O3. The lowest BCUT2D eigenvalue weighted by molar-refractivity contribution is 0.0323. The van der Waals surface area contributed by atoms with E-state index in [4.69, 9.17) is 9.47 Å². The minimum atomic E-state index is -0.537. The Hall–Kier alpha value is -0.730. The Bertz CT molecular complexity index is 182. The molecule has 0 N–H and O–H groups in total. The van der Waals surface area contributed by atoms with E-state index in [0.717, 1.165) is 12.8 Å². The van der Waals surface area contributed by atoms with E-state index in [1.165, 1.54) is 19.3 Å². The molecule has 0 saturated heterocycles. The van der Waals surface area contributed by atoms with Crippen molar-refractivity contribution >= 4 is 6.16 Å². The highest BCUT2D eigenvalue weighted by Crippen LogP contribution is 2.13. The lowest BCUT2D eigenvalue weighted by atomic mass is 9.99. The van der Waals surface area contributed by atoms with Gasteiger partial charge >= 0.3 is 6.16 Å². The van der Waals surface area contributed by atoms with Crippen LogP contribution >= 0.6 is 0 Å². The standard InChI is InChI=1S/C13H26O3/c1-5-6-7-8-9-10-15-12(14)16-11-13(2,3)4/h5-11H2,1-4H3. The SMILES string of the molecule is CCCCCCCOC(=O)OCC(C)(C)C. The molecule has 0 amide bonds. The van der Waals surface area contributed by atoms with E-state index < -0.39 is 6.16 Å². The minimum absolute atomic E-state index is 0.000145. The number of hydrogen-bond acceptors (Lipinski definition) is 3. The number of unbranched alkanes of at least 4 members (excludes halogenated alkanes) is 4. The van der Waals surface area contributed by atoms with E-state index in [1.54, 1.807) is 0 Å². The zero-order chi connectivity index (χ0) is 12.4. The minimum Gasteiger partial charge on any atom is -0.434 e. The molecular weight excluding hydrogens is 204 g/mol. The largest absolute Gasteiger partial charge is 0.508 e. The van der Waals surface area contributed by atoms with Crippen molar-refractivity contribution in [1.82, 2.24) is 0 Å². The molecule has 0 radical (unpaired) electrons. The van der Waals surface area contributed by atoms with Crippen LogP contribution < -0.4 is 0 Å². The molecule has 96 valence electrons. The summed E-state index contributed by atoms with van der Waals surface area (Å²) in [6.07, 6.45) is 5.23. The highest BCUT2D eigenvalue weighted by atomic mass is 16.7. The fourth-order valence-corrected chi connectivity index (χ4v) is 1.18. The fourth-order valence-electron chi connectivity index (χ4n) is 1.18. The van der Waals surface area contributed by atoms with Gasteiger partial charge in [0, 0.05) is 0 Å². The average Bonchev–Trinajstić information content (AvgIpc) is 2.19. The molecule has 3 nitrogen and oxygen atoms in total. The molecule has 0 aliphatic rings. The van der Waals surface area contributed by atoms with Gasteiger partial charge in [0.25, 0.3) is 0 Å². The predicted molar refractivity (Wildman–Crippen MR) is 65.5 cm³/mol. The Balaban J connectivity index is 3.31. The molecule has 0 aromatic heterocycles. The number of carbonyl (C=O) groups is 1. The van der Waals surface area contributed by atoms with Crippen LogP contribution in [0.1, 0.15) is 59.8 Å². The predicted octanol–water partition coefficient (Wildman–Crippen LogP) is 4.16. The van der Waals surface area contributed by atoms with Crippen molar-refractivity contribution in [2.24, 2.45) is 5.41 Å². The monoisotopic (exact) mass is 230 g/mol. The van der Waals surface area contributed by atoms with Gasteiger partial charge in [-0.3, -0.25) is 0 Å². The molecule has 0 atom stereocenters. The summed E-state index contributed by atoms with van der Waals surface area (Å²) in [6.45, 7) is 9.12. The number of hydrogen-bond donors (Lipinski definition) is 0. The van der Waals surface area contributed by atoms with Crippen molar-refractivity contribution in [3.05, 3.63) is 0 Å². The quantitative estimate of drug-likeness (QED) is 0.486. The van der Waals surface area contributed by atoms with Gasteiger partial charge in [0.05, 0.1) is 13.2 Å². The summed E-state index contributed by atoms with van der Waals surface area (Å²) >= 11 is 0. The highest BCUT2D eigenvalue weighted by Gasteiger charge is 2.14. The maximum Gasteiger partial charge on any atom is 0.508 e. The summed E-state index contributed by atoms with van der Waals surface area (Å²) in [4.78, 5) is 11.1. The maximum atomic E-state index is 11.1. The van der Waals surface area contributed by atoms with E-state index in [-0.39, 0.29) is 5.41 Å². The van der Waals surface area contributed by atoms with Crippen LogP contribution in [0.3, 0.4) is 0 Å². The lowest BCUT2D eigenvalue weighted by Crippen LogP contribution is -2.19. The first-order chi connectivity index (χ1) is 7.45. The third-order valence-corrected chi connectivity index (χ3v) is 2.09. The zero-order valence-corrected chi connectivity index (χ0v) is 11.2. The summed E-state index contributed by atoms with van der Waals surface area (Å²) in [5.74, 6) is 0. The van der Waals surface area contributed by atoms with E-state index in [1.807, 2.05) is 20.8 Å². The van der Waals surface area contributed by atoms with Crippen molar-refractivity contribution in [3.8, 4) is 0 Å². The topological polar surface area (TPSA) is 35.5 Å². The number of carbonyl (C=O) groups excluding carboxylic acids is 1. The molecule has 0 aliphatic carbocycles. The van der Waals surface area contributed by atoms with E-state index in [9.17, 15) is 4.79 Å². The Morgan fingerprint density at radius 1 is 1.00 bits per heavy atom. The van der Waals surface area contributed by atoms with E-state index >= 15 is 0 Å². The molecule has 0 fully saturated rings. The first-order valence-corrected chi connectivity index (χ1v) is 6.25. The smallest absolute Gasteiger partial charge is 0.434 e. The van der Waals surface area contributed by atoms with E-state index in [2.05, 4.69) is 6.92 Å². The summed E-state index contributed by atoms with van der Waals surface area (Å²) in [5, 5.41) is 0. The van der Waals surface area contributed by atoms with Crippen LogP contribution in [0.5, 0.6) is 0 Å². The van der Waals surface area contributed by atoms with Crippen LogP contribution in [0.25, 0.3) is 0 Å². The molecule has 3 heteroatoms. The van der Waals surface area contributed by atoms with Gasteiger partial charge in [0.15, 0.2) is 0 Å². The van der Waals surface area contributed by atoms with Gasteiger partial charge in [-0.25, -0.2) is 4.79 Å². The number of rotatable bonds is 7. The summed E-state index contributed by atoms with van der Waals surface area (Å²) in [5.41, 5.74) is 0.000145. The first-order valence-electron chi connectivity index (χ1n) is 6.25. The van der Waals surface area contributed by atoms with Crippen LogP contribution in [0.15, 0.2) is 0 Å². The van der Waals surface area contributed by atoms with Crippen LogP contribution in [-0.2, 0) is 9.47 Å². The highest BCUT2D eigenvalue weighted by molar-refractivity contribution is 5.59. The van der Waals surface area contributed by atoms with Crippen molar-refractivity contribution in [1.29, 1.82) is 0 Å². The Labute approximate surface area is 99.5 Å². The maximum absolute atomic E-state index is 11.1. The summed E-state index contributed by atoms with van der Waals surface area (Å²) in [7, 11) is 0. The van der Waals surface area contributed by atoms with Crippen molar-refractivity contribution in [2.75, 3.05) is 13.2 Å². The average molecular weight is 230 g/mol. The van der Waals surface area contributed by atoms with E-state index in [0.29, 0.717) is 13.2 Å². The second kappa shape index (κ2) is 8.43. The van der Waals surface area contributed by atoms with Crippen molar-refractivity contribution in [3.63, 3.8) is 0 Å². The fraction of sp³-hybridized carbons (Fsp3) is 0.923. The number of ether oxygens (including phenoxy) is 2. The summed E-state index contributed by atoms with van der Waals surface area (Å²) in [6, 6.07) is 0. The van der Waals surface area contributed by atoms with Gasteiger partial charge in [0.2, 0.25) is 0 Å². The van der Waals surface area contributed by atoms with Crippen LogP contribution in [0.4, 0.5) is 4.79 Å². The normalized spacial score (nSPS) is 11.2. The van der Waals surface area contributed by atoms with Gasteiger partial charge in [-0.05, 0) is 11.8 Å². The van der Waals surface area contributed by atoms with Gasteiger partial charge in [-0.15, -0.1) is 0 Å². The molecule has 0 aliphatic heterocycles. The second-order valence-electron chi connectivity index (χ2n) is 5.36. The van der Waals surface area contributed by atoms with Gasteiger partial charge < -0.3 is 9.47 Å². The molecule has 0 rings (SSSR count). The van der Waals surface area contributed by atoms with Crippen LogP contribution in [0.2, 0.25) is 0 Å². The van der Waals surface area contributed by atoms with Gasteiger partial charge in [-0.2, -0.15) is 0 Å². The summed E-state index contributed by atoms with van der Waals surface area (Å²) < 4.78 is 9.93. The molecule has 16 heavy (non-hydrogen) atoms. The molecule has 0 aromatic rings. The molecule has 0 bridgehead atoms. The van der Waals surface area contributed by atoms with Gasteiger partial charge in [-0.1, -0.05) is 53.4 Å². The molecule has 0 aromatic carbocycles. The van der Waals surface area contributed by atoms with Crippen molar-refractivity contribution < 1.29 is 14.3 Å². The Kier molecular flexibility index (Phi) is 8.04. The molecule has 0 spiro atoms. The third-order valence-electron chi connectivity index (χ3n) is 2.09. The van der Waals surface area contributed by atoms with Crippen molar-refractivity contribution in [2.45, 2.75) is 59.8 Å². The zero-order valence-electron chi connectivity index (χ0n) is 11.2. The van der Waals surface area contributed by atoms with Gasteiger partial charge in [0.1, 0.15) is 0 Å². The van der Waals surface area contributed by atoms with Crippen LogP contribution in [0, 0.1) is 5.41 Å². The molecule has 0 heterocycles. The third kappa shape index (κ3) is 11.3. The second-order valence-corrected chi connectivity index (χ2v) is 5.36. The van der Waals surface area contributed by atoms with Crippen LogP contribution in [-0.4, -0.2) is 19.4 Å². The molecule has 0 unspecified atom stereocenters. The Morgan fingerprint density at radius 3 is 2.19 bits per heavy atom. The Morgan fingerprint density at radius 2 is 1.62 bits per heavy atom.